The quantitative estimate of drug-likeness (QED) is 0.899. The van der Waals surface area contributed by atoms with Gasteiger partial charge in [-0.1, -0.05) is 24.3 Å². The Labute approximate surface area is 136 Å². The van der Waals surface area contributed by atoms with Crippen LogP contribution in [0.4, 0.5) is 4.79 Å². The lowest BCUT2D eigenvalue weighted by molar-refractivity contribution is 0.137. The van der Waals surface area contributed by atoms with E-state index < -0.39 is 0 Å². The Bertz CT molecular complexity index is 515. The molecule has 0 bridgehead atoms. The summed E-state index contributed by atoms with van der Waals surface area (Å²) in [7, 11) is 0. The predicted molar refractivity (Wildman–Crippen MR) is 90.1 cm³/mol. The van der Waals surface area contributed by atoms with Gasteiger partial charge >= 0.3 is 6.03 Å². The number of piperidine rings is 1. The zero-order valence-electron chi connectivity index (χ0n) is 12.8. The van der Waals surface area contributed by atoms with Crippen molar-refractivity contribution in [2.24, 2.45) is 5.92 Å². The number of benzene rings is 1. The smallest absolute Gasteiger partial charge is 0.317 e. The van der Waals surface area contributed by atoms with E-state index in [0.29, 0.717) is 17.7 Å². The van der Waals surface area contributed by atoms with Gasteiger partial charge in [-0.2, -0.15) is 11.8 Å². The Kier molecular flexibility index (Phi) is 5.26. The molecule has 2 aliphatic heterocycles. The third kappa shape index (κ3) is 3.58. The molecular formula is C17H24N2O2S. The number of amides is 2. The minimum atomic E-state index is 0.0417. The molecule has 2 N–H and O–H groups in total. The number of carbonyl (C=O) groups excluding carboxylic acids is 1. The lowest BCUT2D eigenvalue weighted by Crippen LogP contribution is -2.45. The van der Waals surface area contributed by atoms with Gasteiger partial charge in [0.15, 0.2) is 0 Å². The Morgan fingerprint density at radius 1 is 1.32 bits per heavy atom. The summed E-state index contributed by atoms with van der Waals surface area (Å²) >= 11 is 1.93. The third-order valence-electron chi connectivity index (χ3n) is 4.69. The summed E-state index contributed by atoms with van der Waals surface area (Å²) in [6.07, 6.45) is 2.94. The predicted octanol–water partition coefficient (Wildman–Crippen LogP) is 2.43. The van der Waals surface area contributed by atoms with E-state index in [1.807, 2.05) is 16.7 Å². The van der Waals surface area contributed by atoms with E-state index in [1.165, 1.54) is 11.1 Å². The molecule has 5 heteroatoms. The van der Waals surface area contributed by atoms with Crippen molar-refractivity contribution < 1.29 is 9.90 Å². The molecular weight excluding hydrogens is 296 g/mol. The van der Waals surface area contributed by atoms with Gasteiger partial charge in [-0.25, -0.2) is 4.79 Å². The van der Waals surface area contributed by atoms with Crippen molar-refractivity contribution in [1.29, 1.82) is 0 Å². The molecule has 0 saturated carbocycles. The number of fused-ring (bicyclic) bond motifs is 1. The highest BCUT2D eigenvalue weighted by Crippen LogP contribution is 2.36. The van der Waals surface area contributed by atoms with Gasteiger partial charge in [-0.3, -0.25) is 0 Å². The molecule has 1 aromatic carbocycles. The zero-order chi connectivity index (χ0) is 15.4. The molecule has 0 spiro atoms. The fraction of sp³-hybridized carbons (Fsp3) is 0.588. The van der Waals surface area contributed by atoms with Gasteiger partial charge in [0.1, 0.15) is 0 Å². The first-order valence-electron chi connectivity index (χ1n) is 8.11. The van der Waals surface area contributed by atoms with E-state index in [0.717, 1.165) is 38.1 Å². The molecule has 0 radical (unpaired) electrons. The van der Waals surface area contributed by atoms with Gasteiger partial charge in [-0.05, 0) is 42.1 Å². The number of carbonyl (C=O) groups is 1. The highest BCUT2D eigenvalue weighted by molar-refractivity contribution is 7.99. The summed E-state index contributed by atoms with van der Waals surface area (Å²) in [4.78, 5) is 14.2. The molecule has 3 rings (SSSR count). The number of aliphatic hydroxyl groups excluding tert-OH is 1. The maximum Gasteiger partial charge on any atom is 0.317 e. The van der Waals surface area contributed by atoms with Crippen LogP contribution in [0.5, 0.6) is 0 Å². The summed E-state index contributed by atoms with van der Waals surface area (Å²) < 4.78 is 0. The average molecular weight is 320 g/mol. The lowest BCUT2D eigenvalue weighted by Gasteiger charge is -2.32. The summed E-state index contributed by atoms with van der Waals surface area (Å²) in [5.41, 5.74) is 2.79. The first-order valence-corrected chi connectivity index (χ1v) is 9.16. The summed E-state index contributed by atoms with van der Waals surface area (Å²) in [6, 6.07) is 8.60. The summed E-state index contributed by atoms with van der Waals surface area (Å²) in [5.74, 6) is 1.49. The first-order chi connectivity index (χ1) is 10.8. The molecule has 120 valence electrons. The number of nitrogens with zero attached hydrogens (tertiary/aromatic N) is 1. The Morgan fingerprint density at radius 2 is 2.09 bits per heavy atom. The molecule has 4 nitrogen and oxygen atoms in total. The van der Waals surface area contributed by atoms with Gasteiger partial charge in [-0.15, -0.1) is 0 Å². The number of aryl methyl sites for hydroxylation is 1. The van der Waals surface area contributed by atoms with Crippen LogP contribution >= 0.6 is 11.8 Å². The Balaban J connectivity index is 1.52. The number of thioether (sulfide) groups is 1. The van der Waals surface area contributed by atoms with E-state index in [2.05, 4.69) is 29.6 Å². The molecule has 2 aliphatic rings. The fourth-order valence-electron chi connectivity index (χ4n) is 3.26. The SMILES string of the molecule is O=C(NC[C@@H]1SCCc2ccccc21)N1CCC(CO)CC1. The normalized spacial score (nSPS) is 22.2. The van der Waals surface area contributed by atoms with Crippen molar-refractivity contribution >= 4 is 17.8 Å². The highest BCUT2D eigenvalue weighted by Gasteiger charge is 2.24. The first kappa shape index (κ1) is 15.7. The lowest BCUT2D eigenvalue weighted by atomic mass is 9.98. The van der Waals surface area contributed by atoms with Gasteiger partial charge in [0.25, 0.3) is 0 Å². The number of rotatable bonds is 3. The zero-order valence-corrected chi connectivity index (χ0v) is 13.6. The van der Waals surface area contributed by atoms with E-state index in [4.69, 9.17) is 5.11 Å². The fourth-order valence-corrected chi connectivity index (χ4v) is 4.49. The van der Waals surface area contributed by atoms with Gasteiger partial charge in [0.05, 0.1) is 0 Å². The minimum Gasteiger partial charge on any atom is -0.396 e. The molecule has 0 unspecified atom stereocenters. The maximum atomic E-state index is 12.3. The maximum absolute atomic E-state index is 12.3. The number of hydrogen-bond acceptors (Lipinski definition) is 3. The molecule has 2 heterocycles. The molecule has 2 amide bonds. The molecule has 22 heavy (non-hydrogen) atoms. The van der Waals surface area contributed by atoms with Crippen molar-refractivity contribution in [1.82, 2.24) is 10.2 Å². The van der Waals surface area contributed by atoms with Crippen molar-refractivity contribution in [2.45, 2.75) is 24.5 Å². The van der Waals surface area contributed by atoms with Crippen molar-refractivity contribution in [3.05, 3.63) is 35.4 Å². The second kappa shape index (κ2) is 7.38. The number of nitrogens with one attached hydrogen (secondary N) is 1. The monoisotopic (exact) mass is 320 g/mol. The van der Waals surface area contributed by atoms with Crippen LogP contribution in [0.25, 0.3) is 0 Å². The van der Waals surface area contributed by atoms with E-state index in [-0.39, 0.29) is 12.6 Å². The van der Waals surface area contributed by atoms with Crippen LogP contribution in [0, 0.1) is 5.92 Å². The highest BCUT2D eigenvalue weighted by atomic mass is 32.2. The largest absolute Gasteiger partial charge is 0.396 e. The molecule has 1 aromatic rings. The summed E-state index contributed by atoms with van der Waals surface area (Å²) in [6.45, 7) is 2.45. The second-order valence-corrected chi connectivity index (χ2v) is 7.42. The number of likely N-dealkylation sites (tertiary alicyclic amines) is 1. The average Bonchev–Trinajstić information content (AvgIpc) is 2.59. The van der Waals surface area contributed by atoms with Gasteiger partial charge < -0.3 is 15.3 Å². The van der Waals surface area contributed by atoms with Crippen molar-refractivity contribution in [3.63, 3.8) is 0 Å². The molecule has 1 saturated heterocycles. The molecule has 0 aromatic heterocycles. The third-order valence-corrected chi connectivity index (χ3v) is 5.95. The van der Waals surface area contributed by atoms with Crippen LogP contribution in [-0.4, -0.2) is 48.0 Å². The summed E-state index contributed by atoms with van der Waals surface area (Å²) in [5, 5.41) is 12.6. The van der Waals surface area contributed by atoms with Crippen LogP contribution < -0.4 is 5.32 Å². The Morgan fingerprint density at radius 3 is 2.86 bits per heavy atom. The van der Waals surface area contributed by atoms with E-state index in [9.17, 15) is 4.79 Å². The molecule has 1 atom stereocenters. The number of urea groups is 1. The van der Waals surface area contributed by atoms with Crippen LogP contribution in [0.3, 0.4) is 0 Å². The number of aliphatic hydroxyl groups is 1. The van der Waals surface area contributed by atoms with Gasteiger partial charge in [0.2, 0.25) is 0 Å². The Hall–Kier alpha value is -1.20. The van der Waals surface area contributed by atoms with Crippen LogP contribution in [0.2, 0.25) is 0 Å². The van der Waals surface area contributed by atoms with E-state index in [1.54, 1.807) is 0 Å². The standard InChI is InChI=1S/C17H24N2O2S/c20-12-13-5-8-19(9-6-13)17(21)18-11-16-15-4-2-1-3-14(15)7-10-22-16/h1-4,13,16,20H,5-12H2,(H,18,21)/t16-/m0/s1. The molecule has 0 aliphatic carbocycles. The van der Waals surface area contributed by atoms with E-state index >= 15 is 0 Å². The second-order valence-electron chi connectivity index (χ2n) is 6.11. The number of hydrogen-bond donors (Lipinski definition) is 2. The van der Waals surface area contributed by atoms with Crippen LogP contribution in [0.15, 0.2) is 24.3 Å². The van der Waals surface area contributed by atoms with Crippen molar-refractivity contribution in [2.75, 3.05) is 32.0 Å². The van der Waals surface area contributed by atoms with Gasteiger partial charge in [0, 0.05) is 31.5 Å². The van der Waals surface area contributed by atoms with Crippen molar-refractivity contribution in [3.8, 4) is 0 Å². The molecule has 1 fully saturated rings. The van der Waals surface area contributed by atoms with Crippen LogP contribution in [0.1, 0.15) is 29.2 Å². The minimum absolute atomic E-state index is 0.0417. The topological polar surface area (TPSA) is 52.6 Å². The van der Waals surface area contributed by atoms with Crippen LogP contribution in [-0.2, 0) is 6.42 Å².